The molecule has 1 aliphatic heterocycles. The molecule has 1 aromatic carbocycles. The highest BCUT2D eigenvalue weighted by atomic mass is 79.9. The quantitative estimate of drug-likeness (QED) is 0.750. The van der Waals surface area contributed by atoms with Gasteiger partial charge in [-0.3, -0.25) is 4.72 Å². The van der Waals surface area contributed by atoms with E-state index in [9.17, 15) is 8.42 Å². The summed E-state index contributed by atoms with van der Waals surface area (Å²) >= 11 is 7.96. The van der Waals surface area contributed by atoms with Crippen molar-refractivity contribution in [3.8, 4) is 0 Å². The summed E-state index contributed by atoms with van der Waals surface area (Å²) in [5.41, 5.74) is 0.978. The number of fused-ring (bicyclic) bond motifs is 1. The average molecular weight is 453 g/mol. The number of hydrogen-bond acceptors (Lipinski definition) is 5. The molecule has 0 radical (unpaired) electrons. The maximum Gasteiger partial charge on any atom is 0.264 e. The Bertz CT molecular complexity index is 766. The van der Waals surface area contributed by atoms with Gasteiger partial charge in [0.25, 0.3) is 10.0 Å². The van der Waals surface area contributed by atoms with Crippen molar-refractivity contribution in [1.29, 1.82) is 0 Å². The molecular formula is C12H11Br2N3O2S2. The zero-order valence-corrected chi connectivity index (χ0v) is 15.5. The van der Waals surface area contributed by atoms with Crippen LogP contribution in [0.25, 0.3) is 0 Å². The molecule has 2 heterocycles. The van der Waals surface area contributed by atoms with Crippen molar-refractivity contribution in [3.63, 3.8) is 0 Å². The van der Waals surface area contributed by atoms with Crippen molar-refractivity contribution < 1.29 is 8.42 Å². The Kier molecular flexibility index (Phi) is 4.37. The first-order valence-electron chi connectivity index (χ1n) is 6.13. The second kappa shape index (κ2) is 5.96. The van der Waals surface area contributed by atoms with Gasteiger partial charge in [-0.15, -0.1) is 0 Å². The lowest BCUT2D eigenvalue weighted by Gasteiger charge is -2.09. The van der Waals surface area contributed by atoms with Gasteiger partial charge in [0.05, 0.1) is 5.69 Å². The summed E-state index contributed by atoms with van der Waals surface area (Å²) in [5.74, 6) is 0. The van der Waals surface area contributed by atoms with Crippen molar-refractivity contribution >= 4 is 58.4 Å². The Morgan fingerprint density at radius 2 is 2.14 bits per heavy atom. The van der Waals surface area contributed by atoms with E-state index < -0.39 is 10.0 Å². The molecule has 9 heteroatoms. The van der Waals surface area contributed by atoms with Gasteiger partial charge in [-0.25, -0.2) is 13.4 Å². The minimum absolute atomic E-state index is 0.192. The zero-order valence-electron chi connectivity index (χ0n) is 10.7. The van der Waals surface area contributed by atoms with Crippen LogP contribution in [0.1, 0.15) is 10.6 Å². The lowest BCUT2D eigenvalue weighted by atomic mass is 10.2. The highest BCUT2D eigenvalue weighted by Gasteiger charge is 2.21. The molecule has 0 spiro atoms. The fourth-order valence-electron chi connectivity index (χ4n) is 2.03. The van der Waals surface area contributed by atoms with Gasteiger partial charge in [0.1, 0.15) is 4.90 Å². The number of hydrogen-bond donors (Lipinski definition) is 2. The van der Waals surface area contributed by atoms with Crippen LogP contribution in [0.15, 0.2) is 32.0 Å². The molecule has 112 valence electrons. The number of rotatable bonds is 3. The normalized spacial score (nSPS) is 14.8. The number of anilines is 1. The van der Waals surface area contributed by atoms with E-state index in [1.807, 2.05) is 0 Å². The summed E-state index contributed by atoms with van der Waals surface area (Å²) in [6.07, 6.45) is 0.829. The maximum atomic E-state index is 12.4. The van der Waals surface area contributed by atoms with Crippen LogP contribution in [-0.2, 0) is 23.0 Å². The Balaban J connectivity index is 1.90. The molecule has 2 N–H and O–H groups in total. The molecule has 2 aromatic rings. The number of thiazole rings is 1. The van der Waals surface area contributed by atoms with Gasteiger partial charge in [-0.2, -0.15) is 0 Å². The first kappa shape index (κ1) is 15.4. The molecule has 0 saturated carbocycles. The highest BCUT2D eigenvalue weighted by Crippen LogP contribution is 2.30. The molecule has 0 saturated heterocycles. The third kappa shape index (κ3) is 3.31. The van der Waals surface area contributed by atoms with Crippen LogP contribution < -0.4 is 10.0 Å². The first-order chi connectivity index (χ1) is 9.95. The summed E-state index contributed by atoms with van der Waals surface area (Å²) in [7, 11) is -3.65. The van der Waals surface area contributed by atoms with E-state index >= 15 is 0 Å². The summed E-state index contributed by atoms with van der Waals surface area (Å²) in [5, 5.41) is 3.66. The van der Waals surface area contributed by atoms with E-state index in [0.29, 0.717) is 9.60 Å². The Morgan fingerprint density at radius 3 is 2.86 bits per heavy atom. The van der Waals surface area contributed by atoms with Crippen LogP contribution in [0, 0.1) is 0 Å². The maximum absolute atomic E-state index is 12.4. The molecule has 0 aliphatic carbocycles. The molecule has 1 aromatic heterocycles. The van der Waals surface area contributed by atoms with Crippen molar-refractivity contribution in [1.82, 2.24) is 10.3 Å². The number of benzene rings is 1. The largest absolute Gasteiger partial charge is 0.311 e. The van der Waals surface area contributed by atoms with E-state index in [1.165, 1.54) is 11.3 Å². The van der Waals surface area contributed by atoms with Gasteiger partial charge >= 0.3 is 0 Å². The molecule has 1 aliphatic rings. The fourth-order valence-corrected chi connectivity index (χ4v) is 5.99. The minimum atomic E-state index is -3.65. The van der Waals surface area contributed by atoms with Crippen LogP contribution in [0.4, 0.5) is 5.13 Å². The van der Waals surface area contributed by atoms with E-state index in [2.05, 4.69) is 46.9 Å². The Hall–Kier alpha value is -0.480. The van der Waals surface area contributed by atoms with E-state index in [1.54, 1.807) is 18.2 Å². The second-order valence-electron chi connectivity index (χ2n) is 4.50. The van der Waals surface area contributed by atoms with Gasteiger partial charge < -0.3 is 5.32 Å². The third-order valence-corrected chi connectivity index (χ3v) is 6.96. The molecule has 0 atom stereocenters. The average Bonchev–Trinajstić information content (AvgIpc) is 2.79. The van der Waals surface area contributed by atoms with Gasteiger partial charge in [0.2, 0.25) is 0 Å². The van der Waals surface area contributed by atoms with E-state index in [4.69, 9.17) is 0 Å². The Morgan fingerprint density at radius 1 is 1.33 bits per heavy atom. The predicted octanol–water partition coefficient (Wildman–Crippen LogP) is 3.11. The molecule has 0 unspecified atom stereocenters. The second-order valence-corrected chi connectivity index (χ2v) is 9.00. The van der Waals surface area contributed by atoms with Crippen molar-refractivity contribution in [2.24, 2.45) is 0 Å². The van der Waals surface area contributed by atoms with Crippen LogP contribution in [0.5, 0.6) is 0 Å². The fraction of sp³-hybridized carbons (Fsp3) is 0.250. The summed E-state index contributed by atoms with van der Waals surface area (Å²) in [6, 6.07) is 4.94. The molecule has 0 fully saturated rings. The number of aromatic nitrogens is 1. The predicted molar refractivity (Wildman–Crippen MR) is 90.2 cm³/mol. The number of halogens is 2. The van der Waals surface area contributed by atoms with Gasteiger partial charge in [0.15, 0.2) is 5.13 Å². The monoisotopic (exact) mass is 451 g/mol. The minimum Gasteiger partial charge on any atom is -0.311 e. The van der Waals surface area contributed by atoms with Crippen LogP contribution in [0.2, 0.25) is 0 Å². The molecule has 21 heavy (non-hydrogen) atoms. The summed E-state index contributed by atoms with van der Waals surface area (Å²) < 4.78 is 28.8. The van der Waals surface area contributed by atoms with E-state index in [0.717, 1.165) is 34.6 Å². The summed E-state index contributed by atoms with van der Waals surface area (Å²) in [6.45, 7) is 1.62. The van der Waals surface area contributed by atoms with Gasteiger partial charge in [0, 0.05) is 33.3 Å². The third-order valence-electron chi connectivity index (χ3n) is 3.01. The molecule has 3 rings (SSSR count). The topological polar surface area (TPSA) is 71.1 Å². The number of nitrogens with one attached hydrogen (secondary N) is 2. The zero-order chi connectivity index (χ0) is 15.0. The van der Waals surface area contributed by atoms with Crippen molar-refractivity contribution in [3.05, 3.63) is 37.7 Å². The first-order valence-corrected chi connectivity index (χ1v) is 10.0. The lowest BCUT2D eigenvalue weighted by Crippen LogP contribution is -2.22. The Labute approximate surface area is 143 Å². The molecule has 0 bridgehead atoms. The van der Waals surface area contributed by atoms with Gasteiger partial charge in [-0.1, -0.05) is 27.3 Å². The molecule has 0 amide bonds. The number of nitrogens with zero attached hydrogens (tertiary/aromatic N) is 1. The highest BCUT2D eigenvalue weighted by molar-refractivity contribution is 9.11. The SMILES string of the molecule is O=S(=O)(Nc1nc2c(s1)CNCC2)c1ccc(Br)cc1Br. The van der Waals surface area contributed by atoms with Crippen LogP contribution >= 0.6 is 43.2 Å². The molecular weight excluding hydrogens is 442 g/mol. The smallest absolute Gasteiger partial charge is 0.264 e. The molecule has 5 nitrogen and oxygen atoms in total. The van der Waals surface area contributed by atoms with Gasteiger partial charge in [-0.05, 0) is 34.1 Å². The lowest BCUT2D eigenvalue weighted by molar-refractivity contribution is 0.600. The van der Waals surface area contributed by atoms with Crippen LogP contribution in [-0.4, -0.2) is 19.9 Å². The van der Waals surface area contributed by atoms with Crippen LogP contribution in [0.3, 0.4) is 0 Å². The van der Waals surface area contributed by atoms with E-state index in [-0.39, 0.29) is 4.90 Å². The number of sulfonamides is 1. The standard InChI is InChI=1S/C12H11Br2N3O2S2/c13-7-1-2-11(8(14)5-7)21(18,19)17-12-16-9-3-4-15-6-10(9)20-12/h1-2,5,15H,3-4,6H2,(H,16,17). The summed E-state index contributed by atoms with van der Waals surface area (Å²) in [4.78, 5) is 5.66. The van der Waals surface area contributed by atoms with Crippen molar-refractivity contribution in [2.45, 2.75) is 17.9 Å². The van der Waals surface area contributed by atoms with Crippen molar-refractivity contribution in [2.75, 3.05) is 11.3 Å².